The summed E-state index contributed by atoms with van der Waals surface area (Å²) in [6, 6.07) is 4.88. The number of phenolic OH excluding ortho intramolecular Hbond substituents is 1. The van der Waals surface area contributed by atoms with E-state index < -0.39 is 0 Å². The van der Waals surface area contributed by atoms with Crippen LogP contribution >= 0.6 is 15.9 Å². The Hall–Kier alpha value is -1.23. The second kappa shape index (κ2) is 4.56. The number of hydrogen-bond donors (Lipinski definition) is 2. The molecule has 1 aliphatic rings. The maximum Gasteiger partial charge on any atom is 0.255 e. The number of phenols is 1. The lowest BCUT2D eigenvalue weighted by molar-refractivity contribution is 0.0933. The number of carbonyl (C=O) groups excluding carboxylic acids is 1. The summed E-state index contributed by atoms with van der Waals surface area (Å²) >= 11 is 3.38. The first-order valence-corrected chi connectivity index (χ1v) is 6.48. The van der Waals surface area contributed by atoms with Crippen LogP contribution in [0.1, 0.15) is 23.2 Å². The van der Waals surface area contributed by atoms with Crippen molar-refractivity contribution in [3.63, 3.8) is 0 Å². The number of benzene rings is 1. The predicted octanol–water partition coefficient (Wildman–Crippen LogP) is 2.06. The van der Waals surface area contributed by atoms with Crippen molar-refractivity contribution in [1.82, 2.24) is 5.32 Å². The molecule has 1 amide bonds. The van der Waals surface area contributed by atoms with E-state index in [1.165, 1.54) is 7.11 Å². The first-order valence-electron chi connectivity index (χ1n) is 5.36. The standard InChI is InChI=1S/C12H14BrNO3/c1-17-9-4-2-3-8(10(9)15)11(16)14-12(7-13)5-6-12/h2-4,15H,5-7H2,1H3,(H,14,16). The van der Waals surface area contributed by atoms with Gasteiger partial charge in [-0.3, -0.25) is 4.79 Å². The maximum atomic E-state index is 12.0. The number of methoxy groups -OCH3 is 1. The van der Waals surface area contributed by atoms with Crippen molar-refractivity contribution in [3.05, 3.63) is 23.8 Å². The summed E-state index contributed by atoms with van der Waals surface area (Å²) in [5.41, 5.74) is 0.114. The lowest BCUT2D eigenvalue weighted by Crippen LogP contribution is -2.38. The van der Waals surface area contributed by atoms with Crippen molar-refractivity contribution < 1.29 is 14.6 Å². The number of carbonyl (C=O) groups is 1. The minimum Gasteiger partial charge on any atom is -0.504 e. The Balaban J connectivity index is 2.19. The summed E-state index contributed by atoms with van der Waals surface area (Å²) in [5.74, 6) is -0.0717. The van der Waals surface area contributed by atoms with Crippen molar-refractivity contribution in [1.29, 1.82) is 0 Å². The summed E-state index contributed by atoms with van der Waals surface area (Å²) in [6.45, 7) is 0. The molecule has 0 radical (unpaired) electrons. The molecule has 1 aliphatic carbocycles. The minimum atomic E-state index is -0.265. The van der Waals surface area contributed by atoms with Crippen LogP contribution in [0.25, 0.3) is 0 Å². The maximum absolute atomic E-state index is 12.0. The normalized spacial score (nSPS) is 16.4. The molecular formula is C12H14BrNO3. The number of amides is 1. The monoisotopic (exact) mass is 299 g/mol. The van der Waals surface area contributed by atoms with Gasteiger partial charge in [-0.25, -0.2) is 0 Å². The molecule has 0 unspecified atom stereocenters. The van der Waals surface area contributed by atoms with Crippen LogP contribution in [-0.4, -0.2) is 29.0 Å². The second-order valence-corrected chi connectivity index (χ2v) is 4.79. The Morgan fingerprint density at radius 3 is 2.82 bits per heavy atom. The van der Waals surface area contributed by atoms with Crippen molar-refractivity contribution in [3.8, 4) is 11.5 Å². The molecule has 2 N–H and O–H groups in total. The van der Waals surface area contributed by atoms with E-state index in [2.05, 4.69) is 21.2 Å². The molecule has 0 atom stereocenters. The SMILES string of the molecule is COc1cccc(C(=O)NC2(CBr)CC2)c1O. The van der Waals surface area contributed by atoms with Crippen LogP contribution < -0.4 is 10.1 Å². The van der Waals surface area contributed by atoms with Crippen LogP contribution in [0, 0.1) is 0 Å². The Morgan fingerprint density at radius 1 is 1.59 bits per heavy atom. The van der Waals surface area contributed by atoms with E-state index in [0.717, 1.165) is 18.2 Å². The fraction of sp³-hybridized carbons (Fsp3) is 0.417. The molecule has 1 saturated carbocycles. The van der Waals surface area contributed by atoms with Crippen molar-refractivity contribution >= 4 is 21.8 Å². The van der Waals surface area contributed by atoms with E-state index in [4.69, 9.17) is 4.74 Å². The van der Waals surface area contributed by atoms with E-state index in [1.54, 1.807) is 18.2 Å². The molecule has 92 valence electrons. The molecule has 2 rings (SSSR count). The first-order chi connectivity index (χ1) is 8.12. The Morgan fingerprint density at radius 2 is 2.29 bits per heavy atom. The summed E-state index contributed by atoms with van der Waals surface area (Å²) < 4.78 is 4.97. The van der Waals surface area contributed by atoms with Gasteiger partial charge in [-0.2, -0.15) is 0 Å². The summed E-state index contributed by atoms with van der Waals surface area (Å²) in [4.78, 5) is 12.0. The van der Waals surface area contributed by atoms with Gasteiger partial charge >= 0.3 is 0 Å². The fourth-order valence-corrected chi connectivity index (χ4v) is 2.32. The quantitative estimate of drug-likeness (QED) is 0.837. The van der Waals surface area contributed by atoms with Gasteiger partial charge in [-0.05, 0) is 25.0 Å². The number of ether oxygens (including phenoxy) is 1. The molecule has 1 fully saturated rings. The number of halogens is 1. The Labute approximate surface area is 108 Å². The van der Waals surface area contributed by atoms with Gasteiger partial charge < -0.3 is 15.2 Å². The van der Waals surface area contributed by atoms with E-state index in [9.17, 15) is 9.90 Å². The number of rotatable bonds is 4. The molecule has 4 nitrogen and oxygen atoms in total. The number of para-hydroxylation sites is 1. The van der Waals surface area contributed by atoms with Gasteiger partial charge in [-0.1, -0.05) is 22.0 Å². The Kier molecular flexibility index (Phi) is 3.28. The van der Waals surface area contributed by atoms with Gasteiger partial charge in [0, 0.05) is 5.33 Å². The molecule has 0 aliphatic heterocycles. The van der Waals surface area contributed by atoms with Crippen LogP contribution in [0.2, 0.25) is 0 Å². The molecule has 0 heterocycles. The molecule has 5 heteroatoms. The van der Waals surface area contributed by atoms with E-state index in [1.807, 2.05) is 0 Å². The largest absolute Gasteiger partial charge is 0.504 e. The molecule has 0 saturated heterocycles. The highest BCUT2D eigenvalue weighted by Crippen LogP contribution is 2.38. The Bertz CT molecular complexity index is 443. The zero-order chi connectivity index (χ0) is 12.5. The molecule has 17 heavy (non-hydrogen) atoms. The third kappa shape index (κ3) is 2.39. The molecular weight excluding hydrogens is 286 g/mol. The van der Waals surface area contributed by atoms with Gasteiger partial charge in [0.2, 0.25) is 0 Å². The van der Waals surface area contributed by atoms with Gasteiger partial charge in [-0.15, -0.1) is 0 Å². The predicted molar refractivity (Wildman–Crippen MR) is 67.9 cm³/mol. The third-order valence-electron chi connectivity index (χ3n) is 2.95. The number of hydrogen-bond acceptors (Lipinski definition) is 3. The molecule has 0 bridgehead atoms. The van der Waals surface area contributed by atoms with Gasteiger partial charge in [0.05, 0.1) is 18.2 Å². The van der Waals surface area contributed by atoms with Gasteiger partial charge in [0.1, 0.15) is 0 Å². The van der Waals surface area contributed by atoms with E-state index in [0.29, 0.717) is 5.75 Å². The van der Waals surface area contributed by atoms with E-state index >= 15 is 0 Å². The molecule has 1 aromatic rings. The van der Waals surface area contributed by atoms with Crippen LogP contribution in [-0.2, 0) is 0 Å². The fourth-order valence-electron chi connectivity index (χ4n) is 1.62. The average molecular weight is 300 g/mol. The number of nitrogens with one attached hydrogen (secondary N) is 1. The van der Waals surface area contributed by atoms with Crippen molar-refractivity contribution in [2.75, 3.05) is 12.4 Å². The lowest BCUT2D eigenvalue weighted by Gasteiger charge is -2.15. The number of alkyl halides is 1. The average Bonchev–Trinajstić information content (AvgIpc) is 3.09. The zero-order valence-corrected chi connectivity index (χ0v) is 11.1. The highest BCUT2D eigenvalue weighted by Gasteiger charge is 2.43. The molecule has 1 aromatic carbocycles. The minimum absolute atomic E-state index is 0.113. The highest BCUT2D eigenvalue weighted by molar-refractivity contribution is 9.09. The van der Waals surface area contributed by atoms with Crippen LogP contribution in [0.15, 0.2) is 18.2 Å². The van der Waals surface area contributed by atoms with Crippen LogP contribution in [0.3, 0.4) is 0 Å². The van der Waals surface area contributed by atoms with Crippen molar-refractivity contribution in [2.45, 2.75) is 18.4 Å². The van der Waals surface area contributed by atoms with Gasteiger partial charge in [0.25, 0.3) is 5.91 Å². The lowest BCUT2D eigenvalue weighted by atomic mass is 10.1. The van der Waals surface area contributed by atoms with Crippen molar-refractivity contribution in [2.24, 2.45) is 0 Å². The highest BCUT2D eigenvalue weighted by atomic mass is 79.9. The van der Waals surface area contributed by atoms with Crippen LogP contribution in [0.4, 0.5) is 0 Å². The second-order valence-electron chi connectivity index (χ2n) is 4.22. The summed E-state index contributed by atoms with van der Waals surface area (Å²) in [6.07, 6.45) is 1.93. The smallest absolute Gasteiger partial charge is 0.255 e. The molecule has 0 spiro atoms. The summed E-state index contributed by atoms with van der Waals surface area (Å²) in [7, 11) is 1.46. The summed E-state index contributed by atoms with van der Waals surface area (Å²) in [5, 5.41) is 13.5. The van der Waals surface area contributed by atoms with Crippen LogP contribution in [0.5, 0.6) is 11.5 Å². The molecule has 0 aromatic heterocycles. The van der Waals surface area contributed by atoms with Gasteiger partial charge in [0.15, 0.2) is 11.5 Å². The topological polar surface area (TPSA) is 58.6 Å². The number of aromatic hydroxyl groups is 1. The third-order valence-corrected chi connectivity index (χ3v) is 4.02. The zero-order valence-electron chi connectivity index (χ0n) is 9.50. The van der Waals surface area contributed by atoms with E-state index in [-0.39, 0.29) is 22.8 Å². The first kappa shape index (κ1) is 12.2.